The number of aromatic amines is 1. The van der Waals surface area contributed by atoms with Gasteiger partial charge in [-0.15, -0.1) is 0 Å². The molecule has 1 atom stereocenters. The average Bonchev–Trinajstić information content (AvgIpc) is 2.82. The second kappa shape index (κ2) is 5.81. The molecule has 1 unspecified atom stereocenters. The van der Waals surface area contributed by atoms with Crippen LogP contribution in [0.3, 0.4) is 0 Å². The molecule has 1 aromatic heterocycles. The largest absolute Gasteiger partial charge is 0.361 e. The van der Waals surface area contributed by atoms with Gasteiger partial charge in [0, 0.05) is 28.7 Å². The molecule has 3 rings (SSSR count). The lowest BCUT2D eigenvalue weighted by Crippen LogP contribution is -2.23. The molecule has 1 aromatic carbocycles. The van der Waals surface area contributed by atoms with Gasteiger partial charge in [-0.2, -0.15) is 0 Å². The fourth-order valence-corrected chi connectivity index (χ4v) is 2.93. The van der Waals surface area contributed by atoms with Crippen molar-refractivity contribution < 1.29 is 0 Å². The number of halogens is 1. The first-order valence-corrected chi connectivity index (χ1v) is 7.32. The fraction of sp³-hybridized carbons (Fsp3) is 0.375. The summed E-state index contributed by atoms with van der Waals surface area (Å²) >= 11 is 5.99. The number of nitrogens with one attached hydrogen (secondary N) is 2. The summed E-state index contributed by atoms with van der Waals surface area (Å²) in [5.74, 6) is 0.796. The molecule has 2 N–H and O–H groups in total. The van der Waals surface area contributed by atoms with Crippen LogP contribution in [0, 0.1) is 5.92 Å². The fourth-order valence-electron chi connectivity index (χ4n) is 2.76. The second-order valence-electron chi connectivity index (χ2n) is 5.29. The lowest BCUT2D eigenvalue weighted by Gasteiger charge is -2.17. The molecule has 0 radical (unpaired) electrons. The van der Waals surface area contributed by atoms with Gasteiger partial charge < -0.3 is 10.3 Å². The Morgan fingerprint density at radius 2 is 2.26 bits per heavy atom. The van der Waals surface area contributed by atoms with E-state index >= 15 is 0 Å². The quantitative estimate of drug-likeness (QED) is 0.801. The van der Waals surface area contributed by atoms with Crippen molar-refractivity contribution in [1.82, 2.24) is 10.3 Å². The third kappa shape index (κ3) is 3.02. The van der Waals surface area contributed by atoms with E-state index in [0.717, 1.165) is 29.5 Å². The molecule has 0 aliphatic heterocycles. The molecule has 0 fully saturated rings. The maximum absolute atomic E-state index is 5.99. The van der Waals surface area contributed by atoms with Crippen molar-refractivity contribution in [3.8, 4) is 0 Å². The molecule has 100 valence electrons. The van der Waals surface area contributed by atoms with Crippen LogP contribution < -0.4 is 5.32 Å². The standard InChI is InChI=1S/C16H19ClN2/c17-14-6-7-15-13(11-19-16(15)8-14)10-18-9-12-4-2-1-3-5-12/h1-2,6-8,11-12,18-19H,3-5,9-10H2. The highest BCUT2D eigenvalue weighted by atomic mass is 35.5. The van der Waals surface area contributed by atoms with Gasteiger partial charge in [0.2, 0.25) is 0 Å². The molecule has 0 bridgehead atoms. The number of H-pyrrole nitrogens is 1. The van der Waals surface area contributed by atoms with E-state index in [1.807, 2.05) is 12.1 Å². The van der Waals surface area contributed by atoms with Crippen molar-refractivity contribution in [2.24, 2.45) is 5.92 Å². The lowest BCUT2D eigenvalue weighted by molar-refractivity contribution is 0.441. The molecule has 19 heavy (non-hydrogen) atoms. The van der Waals surface area contributed by atoms with Crippen LogP contribution in [-0.2, 0) is 6.54 Å². The zero-order chi connectivity index (χ0) is 13.1. The molecule has 1 aliphatic rings. The Labute approximate surface area is 118 Å². The number of benzene rings is 1. The Morgan fingerprint density at radius 3 is 3.11 bits per heavy atom. The van der Waals surface area contributed by atoms with E-state index in [-0.39, 0.29) is 0 Å². The molecule has 0 saturated carbocycles. The molecule has 1 heterocycles. The minimum atomic E-state index is 0.780. The van der Waals surface area contributed by atoms with Crippen LogP contribution in [0.5, 0.6) is 0 Å². The van der Waals surface area contributed by atoms with Gasteiger partial charge in [0.1, 0.15) is 0 Å². The van der Waals surface area contributed by atoms with Gasteiger partial charge in [-0.25, -0.2) is 0 Å². The summed E-state index contributed by atoms with van der Waals surface area (Å²) in [4.78, 5) is 3.28. The summed E-state index contributed by atoms with van der Waals surface area (Å²) in [6.07, 6.45) is 10.4. The van der Waals surface area contributed by atoms with E-state index < -0.39 is 0 Å². The normalized spacial score (nSPS) is 19.1. The molecule has 0 spiro atoms. The van der Waals surface area contributed by atoms with Crippen LogP contribution in [-0.4, -0.2) is 11.5 Å². The summed E-state index contributed by atoms with van der Waals surface area (Å²) in [6.45, 7) is 2.02. The van der Waals surface area contributed by atoms with E-state index in [9.17, 15) is 0 Å². The van der Waals surface area contributed by atoms with Crippen LogP contribution in [0.4, 0.5) is 0 Å². The van der Waals surface area contributed by atoms with Crippen LogP contribution in [0.15, 0.2) is 36.5 Å². The minimum absolute atomic E-state index is 0.780. The van der Waals surface area contributed by atoms with Crippen molar-refractivity contribution >= 4 is 22.5 Å². The highest BCUT2D eigenvalue weighted by molar-refractivity contribution is 6.31. The van der Waals surface area contributed by atoms with Gasteiger partial charge in [-0.1, -0.05) is 29.8 Å². The summed E-state index contributed by atoms with van der Waals surface area (Å²) in [6, 6.07) is 6.02. The Bertz CT molecular complexity index is 585. The van der Waals surface area contributed by atoms with E-state index in [1.165, 1.54) is 30.2 Å². The topological polar surface area (TPSA) is 27.8 Å². The second-order valence-corrected chi connectivity index (χ2v) is 5.72. The van der Waals surface area contributed by atoms with Gasteiger partial charge >= 0.3 is 0 Å². The number of rotatable bonds is 4. The highest BCUT2D eigenvalue weighted by Gasteiger charge is 2.10. The number of hydrogen-bond donors (Lipinski definition) is 2. The van der Waals surface area contributed by atoms with Crippen LogP contribution in [0.2, 0.25) is 5.02 Å². The van der Waals surface area contributed by atoms with Gasteiger partial charge in [-0.05, 0) is 49.4 Å². The highest BCUT2D eigenvalue weighted by Crippen LogP contribution is 2.22. The summed E-state index contributed by atoms with van der Waals surface area (Å²) in [5.41, 5.74) is 2.43. The van der Waals surface area contributed by atoms with Gasteiger partial charge in [-0.3, -0.25) is 0 Å². The van der Waals surface area contributed by atoms with Crippen molar-refractivity contribution in [2.45, 2.75) is 25.8 Å². The molecule has 0 saturated heterocycles. The smallest absolute Gasteiger partial charge is 0.0472 e. The Morgan fingerprint density at radius 1 is 1.32 bits per heavy atom. The summed E-state index contributed by atoms with van der Waals surface area (Å²) in [5, 5.41) is 5.62. The van der Waals surface area contributed by atoms with Crippen molar-refractivity contribution in [1.29, 1.82) is 0 Å². The van der Waals surface area contributed by atoms with Crippen molar-refractivity contribution in [3.63, 3.8) is 0 Å². The zero-order valence-corrected chi connectivity index (χ0v) is 11.7. The van der Waals surface area contributed by atoms with Crippen molar-refractivity contribution in [2.75, 3.05) is 6.54 Å². The Hall–Kier alpha value is -1.25. The van der Waals surface area contributed by atoms with E-state index in [1.54, 1.807) is 0 Å². The predicted octanol–water partition coefficient (Wildman–Crippen LogP) is 4.27. The first kappa shape index (κ1) is 12.8. The molecule has 2 nitrogen and oxygen atoms in total. The maximum atomic E-state index is 5.99. The third-order valence-corrected chi connectivity index (χ3v) is 4.09. The SMILES string of the molecule is Clc1ccc2c(CNCC3CC=CCC3)c[nH]c2c1. The summed E-state index contributed by atoms with van der Waals surface area (Å²) in [7, 11) is 0. The molecule has 3 heteroatoms. The predicted molar refractivity (Wildman–Crippen MR) is 81.5 cm³/mol. The maximum Gasteiger partial charge on any atom is 0.0472 e. The van der Waals surface area contributed by atoms with Crippen LogP contribution in [0.25, 0.3) is 10.9 Å². The molecular formula is C16H19ClN2. The third-order valence-electron chi connectivity index (χ3n) is 3.86. The zero-order valence-electron chi connectivity index (χ0n) is 11.0. The minimum Gasteiger partial charge on any atom is -0.361 e. The van der Waals surface area contributed by atoms with Gasteiger partial charge in [0.15, 0.2) is 0 Å². The van der Waals surface area contributed by atoms with Gasteiger partial charge in [0.25, 0.3) is 0 Å². The molecule has 1 aliphatic carbocycles. The van der Waals surface area contributed by atoms with E-state index in [0.29, 0.717) is 0 Å². The monoisotopic (exact) mass is 274 g/mol. The number of aromatic nitrogens is 1. The van der Waals surface area contributed by atoms with E-state index in [4.69, 9.17) is 11.6 Å². The van der Waals surface area contributed by atoms with Crippen molar-refractivity contribution in [3.05, 3.63) is 47.1 Å². The van der Waals surface area contributed by atoms with Crippen LogP contribution >= 0.6 is 11.6 Å². The number of allylic oxidation sites excluding steroid dienone is 2. The average molecular weight is 275 g/mol. The first-order chi connectivity index (χ1) is 9.33. The van der Waals surface area contributed by atoms with Crippen LogP contribution in [0.1, 0.15) is 24.8 Å². The Kier molecular flexibility index (Phi) is 3.90. The first-order valence-electron chi connectivity index (χ1n) is 6.94. The molecule has 2 aromatic rings. The molecular weight excluding hydrogens is 256 g/mol. The number of fused-ring (bicyclic) bond motifs is 1. The van der Waals surface area contributed by atoms with E-state index in [2.05, 4.69) is 34.7 Å². The van der Waals surface area contributed by atoms with Gasteiger partial charge in [0.05, 0.1) is 0 Å². The lowest BCUT2D eigenvalue weighted by atomic mass is 9.94. The molecule has 0 amide bonds. The Balaban J connectivity index is 1.60. The summed E-state index contributed by atoms with van der Waals surface area (Å²) < 4.78 is 0. The number of hydrogen-bond acceptors (Lipinski definition) is 1.